The fraction of sp³-hybridized carbons (Fsp3) is 1.00. The Kier molecular flexibility index (Phi) is 3.16. The highest BCUT2D eigenvalue weighted by molar-refractivity contribution is 4.84. The summed E-state index contributed by atoms with van der Waals surface area (Å²) in [5, 5.41) is 3.46. The molecule has 1 unspecified atom stereocenters. The molecule has 0 radical (unpaired) electrons. The first-order chi connectivity index (χ1) is 5.53. The average Bonchev–Trinajstić information content (AvgIpc) is 1.79. The van der Waals surface area contributed by atoms with Gasteiger partial charge in [-0.15, -0.1) is 0 Å². The van der Waals surface area contributed by atoms with Gasteiger partial charge in [0.1, 0.15) is 0 Å². The summed E-state index contributed by atoms with van der Waals surface area (Å²) in [6.07, 6.45) is 5.66. The maximum atomic E-state index is 3.46. The van der Waals surface area contributed by atoms with E-state index < -0.39 is 0 Å². The van der Waals surface area contributed by atoms with E-state index in [4.69, 9.17) is 0 Å². The van der Waals surface area contributed by atoms with Gasteiger partial charge in [0.15, 0.2) is 0 Å². The van der Waals surface area contributed by atoms with Gasteiger partial charge >= 0.3 is 0 Å². The zero-order valence-electron chi connectivity index (χ0n) is 8.98. The van der Waals surface area contributed by atoms with Crippen molar-refractivity contribution >= 4 is 0 Å². The fourth-order valence-corrected chi connectivity index (χ4v) is 2.01. The molecule has 0 saturated heterocycles. The minimum atomic E-state index is 0.475. The molecule has 1 fully saturated rings. The number of hydrogen-bond donors (Lipinski definition) is 1. The van der Waals surface area contributed by atoms with Crippen molar-refractivity contribution in [1.29, 1.82) is 0 Å². The first-order valence-corrected chi connectivity index (χ1v) is 5.20. The zero-order chi connectivity index (χ0) is 9.19. The average molecular weight is 169 g/mol. The fourth-order valence-electron chi connectivity index (χ4n) is 2.01. The van der Waals surface area contributed by atoms with Gasteiger partial charge in [-0.05, 0) is 37.6 Å². The molecule has 72 valence electrons. The summed E-state index contributed by atoms with van der Waals surface area (Å²) in [5.74, 6) is 0.967. The lowest BCUT2D eigenvalue weighted by molar-refractivity contribution is 0.184. The van der Waals surface area contributed by atoms with Crippen LogP contribution in [-0.2, 0) is 0 Å². The van der Waals surface area contributed by atoms with E-state index in [2.05, 4.69) is 33.1 Å². The molecule has 1 N–H and O–H groups in total. The van der Waals surface area contributed by atoms with Crippen molar-refractivity contribution in [2.75, 3.05) is 7.05 Å². The standard InChI is InChI=1S/C11H23N/c1-11(2,3)8-10(12-4)9-6-5-7-9/h9-10,12H,5-8H2,1-4H3. The Morgan fingerprint density at radius 1 is 1.33 bits per heavy atom. The molecule has 1 atom stereocenters. The highest BCUT2D eigenvalue weighted by atomic mass is 14.9. The summed E-state index contributed by atoms with van der Waals surface area (Å²) >= 11 is 0. The minimum absolute atomic E-state index is 0.475. The summed E-state index contributed by atoms with van der Waals surface area (Å²) < 4.78 is 0. The van der Waals surface area contributed by atoms with Gasteiger partial charge in [-0.25, -0.2) is 0 Å². The summed E-state index contributed by atoms with van der Waals surface area (Å²) in [5.41, 5.74) is 0.475. The zero-order valence-corrected chi connectivity index (χ0v) is 8.98. The number of hydrogen-bond acceptors (Lipinski definition) is 1. The molecule has 0 bridgehead atoms. The van der Waals surface area contributed by atoms with Crippen molar-refractivity contribution in [3.8, 4) is 0 Å². The smallest absolute Gasteiger partial charge is 0.00973 e. The van der Waals surface area contributed by atoms with E-state index in [0.717, 1.165) is 12.0 Å². The van der Waals surface area contributed by atoms with Gasteiger partial charge < -0.3 is 5.32 Å². The van der Waals surface area contributed by atoms with Crippen molar-refractivity contribution < 1.29 is 0 Å². The Balaban J connectivity index is 2.34. The van der Waals surface area contributed by atoms with E-state index in [1.54, 1.807) is 0 Å². The normalized spacial score (nSPS) is 22.0. The molecule has 0 amide bonds. The predicted molar refractivity (Wildman–Crippen MR) is 54.3 cm³/mol. The Bertz CT molecular complexity index is 130. The first-order valence-electron chi connectivity index (χ1n) is 5.20. The van der Waals surface area contributed by atoms with E-state index in [0.29, 0.717) is 5.41 Å². The molecule has 12 heavy (non-hydrogen) atoms. The summed E-state index contributed by atoms with van der Waals surface area (Å²) in [6.45, 7) is 6.99. The monoisotopic (exact) mass is 169 g/mol. The molecule has 0 spiro atoms. The number of nitrogens with one attached hydrogen (secondary N) is 1. The van der Waals surface area contributed by atoms with Crippen LogP contribution in [0.5, 0.6) is 0 Å². The van der Waals surface area contributed by atoms with Gasteiger partial charge in [0.2, 0.25) is 0 Å². The molecule has 0 aromatic rings. The lowest BCUT2D eigenvalue weighted by Gasteiger charge is -2.37. The summed E-state index contributed by atoms with van der Waals surface area (Å²) in [4.78, 5) is 0. The molecule has 1 saturated carbocycles. The van der Waals surface area contributed by atoms with Gasteiger partial charge in [0.05, 0.1) is 0 Å². The van der Waals surface area contributed by atoms with E-state index in [-0.39, 0.29) is 0 Å². The molecule has 0 aliphatic heterocycles. The Morgan fingerprint density at radius 2 is 1.92 bits per heavy atom. The predicted octanol–water partition coefficient (Wildman–Crippen LogP) is 2.81. The van der Waals surface area contributed by atoms with Gasteiger partial charge in [0.25, 0.3) is 0 Å². The van der Waals surface area contributed by atoms with Crippen molar-refractivity contribution in [2.45, 2.75) is 52.5 Å². The largest absolute Gasteiger partial charge is 0.317 e. The van der Waals surface area contributed by atoms with Crippen molar-refractivity contribution in [2.24, 2.45) is 11.3 Å². The van der Waals surface area contributed by atoms with E-state index in [1.165, 1.54) is 25.7 Å². The van der Waals surface area contributed by atoms with Crippen LogP contribution in [0, 0.1) is 11.3 Å². The first kappa shape index (κ1) is 10.0. The molecule has 0 heterocycles. The van der Waals surface area contributed by atoms with Crippen LogP contribution < -0.4 is 5.32 Å². The van der Waals surface area contributed by atoms with Crippen LogP contribution in [0.2, 0.25) is 0 Å². The van der Waals surface area contributed by atoms with Crippen LogP contribution in [0.1, 0.15) is 46.5 Å². The maximum absolute atomic E-state index is 3.46. The van der Waals surface area contributed by atoms with E-state index in [9.17, 15) is 0 Å². The number of rotatable bonds is 3. The second kappa shape index (κ2) is 3.78. The van der Waals surface area contributed by atoms with Crippen LogP contribution in [0.3, 0.4) is 0 Å². The van der Waals surface area contributed by atoms with Crippen LogP contribution in [-0.4, -0.2) is 13.1 Å². The third-order valence-electron chi connectivity index (χ3n) is 2.92. The van der Waals surface area contributed by atoms with Gasteiger partial charge in [0, 0.05) is 6.04 Å². The summed E-state index contributed by atoms with van der Waals surface area (Å²) in [6, 6.07) is 0.763. The van der Waals surface area contributed by atoms with Gasteiger partial charge in [-0.1, -0.05) is 27.2 Å². The van der Waals surface area contributed by atoms with Crippen molar-refractivity contribution in [3.05, 3.63) is 0 Å². The molecule has 1 nitrogen and oxygen atoms in total. The Labute approximate surface area is 76.9 Å². The molecule has 0 aromatic heterocycles. The maximum Gasteiger partial charge on any atom is 0.00973 e. The highest BCUT2D eigenvalue weighted by Gasteiger charge is 2.29. The van der Waals surface area contributed by atoms with Gasteiger partial charge in [-0.2, -0.15) is 0 Å². The topological polar surface area (TPSA) is 12.0 Å². The molecular formula is C11H23N. The Hall–Kier alpha value is -0.0400. The molecule has 1 heteroatoms. The molecular weight excluding hydrogens is 146 g/mol. The second-order valence-electron chi connectivity index (χ2n) is 5.35. The highest BCUT2D eigenvalue weighted by Crippen LogP contribution is 2.34. The third-order valence-corrected chi connectivity index (χ3v) is 2.92. The van der Waals surface area contributed by atoms with Crippen molar-refractivity contribution in [1.82, 2.24) is 5.32 Å². The van der Waals surface area contributed by atoms with E-state index >= 15 is 0 Å². The third kappa shape index (κ3) is 2.78. The lowest BCUT2D eigenvalue weighted by Crippen LogP contribution is -2.40. The SMILES string of the molecule is CNC(CC(C)(C)C)C1CCC1. The van der Waals surface area contributed by atoms with Gasteiger partial charge in [-0.3, -0.25) is 0 Å². The summed E-state index contributed by atoms with van der Waals surface area (Å²) in [7, 11) is 2.11. The molecule has 1 aliphatic rings. The minimum Gasteiger partial charge on any atom is -0.317 e. The lowest BCUT2D eigenvalue weighted by atomic mass is 9.74. The molecule has 0 aromatic carbocycles. The van der Waals surface area contributed by atoms with Crippen LogP contribution in [0.15, 0.2) is 0 Å². The van der Waals surface area contributed by atoms with Crippen molar-refractivity contribution in [3.63, 3.8) is 0 Å². The molecule has 1 rings (SSSR count). The molecule has 1 aliphatic carbocycles. The second-order valence-corrected chi connectivity index (χ2v) is 5.35. The van der Waals surface area contributed by atoms with Crippen LogP contribution in [0.25, 0.3) is 0 Å². The van der Waals surface area contributed by atoms with Crippen LogP contribution in [0.4, 0.5) is 0 Å². The van der Waals surface area contributed by atoms with Crippen LogP contribution >= 0.6 is 0 Å². The quantitative estimate of drug-likeness (QED) is 0.685. The Morgan fingerprint density at radius 3 is 2.17 bits per heavy atom. The van der Waals surface area contributed by atoms with E-state index in [1.807, 2.05) is 0 Å².